The van der Waals surface area contributed by atoms with Crippen LogP contribution < -0.4 is 0 Å². The van der Waals surface area contributed by atoms with Crippen molar-refractivity contribution in [2.45, 2.75) is 6.92 Å². The van der Waals surface area contributed by atoms with Crippen LogP contribution in [0.5, 0.6) is 5.75 Å². The average Bonchev–Trinajstić information content (AvgIpc) is 2.98. The first-order chi connectivity index (χ1) is 13.4. The average molecular weight is 461 g/mol. The summed E-state index contributed by atoms with van der Waals surface area (Å²) in [4.78, 5) is 31.1. The predicted molar refractivity (Wildman–Crippen MR) is 114 cm³/mol. The number of carbonyl (C=O) groups excluding carboxylic acids is 2. The molecule has 2 aromatic carbocycles. The van der Waals surface area contributed by atoms with Crippen molar-refractivity contribution in [1.82, 2.24) is 4.90 Å². The molecule has 28 heavy (non-hydrogen) atoms. The van der Waals surface area contributed by atoms with Crippen molar-refractivity contribution in [3.8, 4) is 5.75 Å². The van der Waals surface area contributed by atoms with Crippen molar-refractivity contribution in [2.75, 3.05) is 13.7 Å². The zero-order valence-electron chi connectivity index (χ0n) is 15.2. The second-order valence-electron chi connectivity index (χ2n) is 5.81. The van der Waals surface area contributed by atoms with Crippen LogP contribution in [-0.2, 0) is 9.53 Å². The lowest BCUT2D eigenvalue weighted by atomic mass is 10.2. The highest BCUT2D eigenvalue weighted by molar-refractivity contribution is 9.10. The molecule has 1 amide bonds. The maximum Gasteiger partial charge on any atom is 0.337 e. The number of amidine groups is 1. The molecule has 0 bridgehead atoms. The Hall–Kier alpha value is -2.58. The molecule has 1 saturated heterocycles. The molecule has 3 rings (SSSR count). The van der Waals surface area contributed by atoms with Gasteiger partial charge < -0.3 is 9.84 Å². The first-order valence-electron chi connectivity index (χ1n) is 8.40. The number of hydrogen-bond acceptors (Lipinski definition) is 6. The largest absolute Gasteiger partial charge is 0.507 e. The number of amides is 1. The van der Waals surface area contributed by atoms with E-state index < -0.39 is 5.97 Å². The first-order valence-corrected chi connectivity index (χ1v) is 10.0. The van der Waals surface area contributed by atoms with E-state index in [0.717, 1.165) is 5.56 Å². The zero-order valence-corrected chi connectivity index (χ0v) is 17.6. The Labute approximate surface area is 175 Å². The number of phenols is 1. The molecule has 1 aliphatic rings. The second kappa shape index (κ2) is 8.62. The number of ether oxygens (including phenoxy) is 1. The van der Waals surface area contributed by atoms with Crippen molar-refractivity contribution < 1.29 is 19.4 Å². The van der Waals surface area contributed by atoms with Crippen LogP contribution in [0.3, 0.4) is 0 Å². The molecule has 1 aliphatic heterocycles. The van der Waals surface area contributed by atoms with Gasteiger partial charge in [0.2, 0.25) is 0 Å². The number of aromatic hydroxyl groups is 1. The Kier molecular flexibility index (Phi) is 6.21. The van der Waals surface area contributed by atoms with Gasteiger partial charge in [-0.05, 0) is 76.6 Å². The summed E-state index contributed by atoms with van der Waals surface area (Å²) in [5.41, 5.74) is 1.74. The lowest BCUT2D eigenvalue weighted by molar-refractivity contribution is -0.122. The third-order valence-corrected chi connectivity index (χ3v) is 5.61. The number of thioether (sulfide) groups is 1. The van der Waals surface area contributed by atoms with Crippen LogP contribution in [-0.4, -0.2) is 40.7 Å². The topological polar surface area (TPSA) is 79.2 Å². The minimum absolute atomic E-state index is 0.135. The summed E-state index contributed by atoms with van der Waals surface area (Å²) in [6.45, 7) is 2.34. The SMILES string of the molecule is CCN1C(=O)C(=Cc2ccc(O)c(Br)c2)SC1=Nc1cccc(C(=O)OC)c1. The van der Waals surface area contributed by atoms with Gasteiger partial charge in [-0.25, -0.2) is 9.79 Å². The lowest BCUT2D eigenvalue weighted by Gasteiger charge is -2.12. The molecule has 1 heterocycles. The Balaban J connectivity index is 1.93. The fourth-order valence-electron chi connectivity index (χ4n) is 2.57. The molecule has 0 saturated carbocycles. The minimum atomic E-state index is -0.442. The molecule has 0 radical (unpaired) electrons. The zero-order chi connectivity index (χ0) is 20.3. The number of esters is 1. The van der Waals surface area contributed by atoms with Crippen LogP contribution in [0.2, 0.25) is 0 Å². The Morgan fingerprint density at radius 1 is 1.32 bits per heavy atom. The number of carbonyl (C=O) groups is 2. The summed E-state index contributed by atoms with van der Waals surface area (Å²) in [5.74, 6) is -0.446. The molecule has 0 aliphatic carbocycles. The number of hydrogen-bond donors (Lipinski definition) is 1. The summed E-state index contributed by atoms with van der Waals surface area (Å²) in [5, 5.41) is 10.2. The quantitative estimate of drug-likeness (QED) is 0.533. The highest BCUT2D eigenvalue weighted by Gasteiger charge is 2.32. The van der Waals surface area contributed by atoms with Gasteiger partial charge >= 0.3 is 5.97 Å². The summed E-state index contributed by atoms with van der Waals surface area (Å²) in [7, 11) is 1.32. The minimum Gasteiger partial charge on any atom is -0.507 e. The third-order valence-electron chi connectivity index (χ3n) is 3.97. The predicted octanol–water partition coefficient (Wildman–Crippen LogP) is 4.57. The number of nitrogens with zero attached hydrogens (tertiary/aromatic N) is 2. The smallest absolute Gasteiger partial charge is 0.337 e. The van der Waals surface area contributed by atoms with Crippen LogP contribution in [0.4, 0.5) is 5.69 Å². The van der Waals surface area contributed by atoms with Crippen LogP contribution in [0.15, 0.2) is 56.8 Å². The number of phenolic OH excluding ortho intramolecular Hbond substituents is 1. The molecule has 0 aromatic heterocycles. The van der Waals surface area contributed by atoms with E-state index >= 15 is 0 Å². The van der Waals surface area contributed by atoms with E-state index in [9.17, 15) is 14.7 Å². The molecule has 6 nitrogen and oxygen atoms in total. The van der Waals surface area contributed by atoms with Crippen molar-refractivity contribution in [3.63, 3.8) is 0 Å². The summed E-state index contributed by atoms with van der Waals surface area (Å²) in [6, 6.07) is 11.8. The molecular weight excluding hydrogens is 444 g/mol. The molecule has 1 N–H and O–H groups in total. The highest BCUT2D eigenvalue weighted by Crippen LogP contribution is 2.35. The van der Waals surface area contributed by atoms with E-state index in [4.69, 9.17) is 4.74 Å². The van der Waals surface area contributed by atoms with Crippen LogP contribution in [0, 0.1) is 0 Å². The first kappa shape index (κ1) is 20.2. The van der Waals surface area contributed by atoms with E-state index in [0.29, 0.717) is 32.3 Å². The van der Waals surface area contributed by atoms with E-state index in [2.05, 4.69) is 20.9 Å². The standard InChI is InChI=1S/C20H17BrN2O4S/c1-3-23-18(25)17(10-12-7-8-16(24)15(21)9-12)28-20(23)22-14-6-4-5-13(11-14)19(26)27-2/h4-11,24H,3H2,1-2H3. The molecule has 1 fully saturated rings. The lowest BCUT2D eigenvalue weighted by Crippen LogP contribution is -2.28. The Morgan fingerprint density at radius 3 is 2.79 bits per heavy atom. The van der Waals surface area contributed by atoms with Crippen molar-refractivity contribution in [1.29, 1.82) is 0 Å². The molecule has 0 unspecified atom stereocenters. The fraction of sp³-hybridized carbons (Fsp3) is 0.150. The monoisotopic (exact) mass is 460 g/mol. The molecule has 0 atom stereocenters. The maximum atomic E-state index is 12.7. The van der Waals surface area contributed by atoms with Crippen LogP contribution >= 0.6 is 27.7 Å². The van der Waals surface area contributed by atoms with E-state index in [1.807, 2.05) is 6.92 Å². The number of aliphatic imine (C=N–C) groups is 1. The molecule has 0 spiro atoms. The fourth-order valence-corrected chi connectivity index (χ4v) is 4.02. The number of benzene rings is 2. The number of methoxy groups -OCH3 is 1. The van der Waals surface area contributed by atoms with Gasteiger partial charge in [0.15, 0.2) is 5.17 Å². The van der Waals surface area contributed by atoms with Crippen LogP contribution in [0.25, 0.3) is 6.08 Å². The van der Waals surface area contributed by atoms with Crippen molar-refractivity contribution in [2.24, 2.45) is 4.99 Å². The molecule has 2 aromatic rings. The molecular formula is C20H17BrN2O4S. The van der Waals surface area contributed by atoms with E-state index in [1.165, 1.54) is 18.9 Å². The van der Waals surface area contributed by atoms with E-state index in [1.54, 1.807) is 53.4 Å². The summed E-state index contributed by atoms with van der Waals surface area (Å²) < 4.78 is 5.29. The van der Waals surface area contributed by atoms with Gasteiger partial charge in [0, 0.05) is 6.54 Å². The second-order valence-corrected chi connectivity index (χ2v) is 7.67. The summed E-state index contributed by atoms with van der Waals surface area (Å²) >= 11 is 4.54. The van der Waals surface area contributed by atoms with Gasteiger partial charge in [-0.3, -0.25) is 9.69 Å². The Bertz CT molecular complexity index is 1000. The highest BCUT2D eigenvalue weighted by atomic mass is 79.9. The normalized spacial score (nSPS) is 16.8. The summed E-state index contributed by atoms with van der Waals surface area (Å²) in [6.07, 6.45) is 1.76. The maximum absolute atomic E-state index is 12.7. The van der Waals surface area contributed by atoms with Gasteiger partial charge in [0.1, 0.15) is 5.75 Å². The van der Waals surface area contributed by atoms with Crippen molar-refractivity contribution >= 4 is 56.5 Å². The Morgan fingerprint density at radius 2 is 2.11 bits per heavy atom. The van der Waals surface area contributed by atoms with E-state index in [-0.39, 0.29) is 11.7 Å². The van der Waals surface area contributed by atoms with Crippen molar-refractivity contribution in [3.05, 3.63) is 63.0 Å². The van der Waals surface area contributed by atoms with Crippen LogP contribution in [0.1, 0.15) is 22.8 Å². The number of rotatable bonds is 4. The molecule has 144 valence electrons. The van der Waals surface area contributed by atoms with Gasteiger partial charge in [-0.15, -0.1) is 0 Å². The molecule has 8 heteroatoms. The third kappa shape index (κ3) is 4.28. The number of likely N-dealkylation sites (N-methyl/N-ethyl adjacent to an activating group) is 1. The van der Waals surface area contributed by atoms with Gasteiger partial charge in [-0.1, -0.05) is 12.1 Å². The van der Waals surface area contributed by atoms with Gasteiger partial charge in [-0.2, -0.15) is 0 Å². The van der Waals surface area contributed by atoms with Gasteiger partial charge in [0.25, 0.3) is 5.91 Å². The number of halogens is 1. The van der Waals surface area contributed by atoms with Gasteiger partial charge in [0.05, 0.1) is 27.7 Å².